The summed E-state index contributed by atoms with van der Waals surface area (Å²) in [5, 5.41) is 6.21. The molecule has 0 aliphatic carbocycles. The van der Waals surface area contributed by atoms with Crippen molar-refractivity contribution in [2.24, 2.45) is 0 Å². The summed E-state index contributed by atoms with van der Waals surface area (Å²) < 4.78 is 10.5. The lowest BCUT2D eigenvalue weighted by molar-refractivity contribution is 0.0952. The molecule has 0 unspecified atom stereocenters. The van der Waals surface area contributed by atoms with Crippen LogP contribution in [0.25, 0.3) is 0 Å². The molecule has 0 fully saturated rings. The van der Waals surface area contributed by atoms with Crippen LogP contribution in [0.3, 0.4) is 0 Å². The molecule has 0 bridgehead atoms. The molecule has 3 rings (SSSR count). The quantitative estimate of drug-likeness (QED) is 0.614. The van der Waals surface area contributed by atoms with Crippen molar-refractivity contribution in [3.05, 3.63) is 76.6 Å². The number of thiophene rings is 1. The number of carbonyl (C=O) groups excluding carboxylic acids is 2. The SMILES string of the molecule is CCOCc1ccccc1CNC(=O)c1ccc(NC(=O)c2ccco2)s1. The van der Waals surface area contributed by atoms with Gasteiger partial charge in [-0.2, -0.15) is 0 Å². The largest absolute Gasteiger partial charge is 0.459 e. The minimum Gasteiger partial charge on any atom is -0.459 e. The van der Waals surface area contributed by atoms with E-state index in [9.17, 15) is 9.59 Å². The number of rotatable bonds is 8. The first-order valence-corrected chi connectivity index (χ1v) is 9.36. The van der Waals surface area contributed by atoms with Gasteiger partial charge in [0.1, 0.15) is 0 Å². The van der Waals surface area contributed by atoms with E-state index < -0.39 is 0 Å². The Morgan fingerprint density at radius 3 is 2.59 bits per heavy atom. The fraction of sp³-hybridized carbons (Fsp3) is 0.200. The Morgan fingerprint density at radius 1 is 1.04 bits per heavy atom. The highest BCUT2D eigenvalue weighted by molar-refractivity contribution is 7.18. The number of amides is 2. The fourth-order valence-electron chi connectivity index (χ4n) is 2.45. The van der Waals surface area contributed by atoms with Crippen LogP contribution in [0.4, 0.5) is 5.00 Å². The molecule has 0 radical (unpaired) electrons. The number of anilines is 1. The van der Waals surface area contributed by atoms with Crippen LogP contribution in [0.1, 0.15) is 38.3 Å². The molecule has 140 valence electrons. The number of furan rings is 1. The van der Waals surface area contributed by atoms with E-state index in [1.807, 2.05) is 31.2 Å². The van der Waals surface area contributed by atoms with E-state index >= 15 is 0 Å². The Kier molecular flexibility index (Phi) is 6.40. The number of hydrogen-bond donors (Lipinski definition) is 2. The van der Waals surface area contributed by atoms with Crippen molar-refractivity contribution in [1.29, 1.82) is 0 Å². The Balaban J connectivity index is 1.58. The molecule has 0 aliphatic heterocycles. The van der Waals surface area contributed by atoms with Crippen LogP contribution in [0, 0.1) is 0 Å². The molecular formula is C20H20N2O4S. The average Bonchev–Trinajstić information content (AvgIpc) is 3.37. The molecule has 2 amide bonds. The molecule has 0 saturated heterocycles. The first-order chi connectivity index (χ1) is 13.2. The van der Waals surface area contributed by atoms with Crippen LogP contribution in [-0.2, 0) is 17.9 Å². The van der Waals surface area contributed by atoms with Crippen LogP contribution in [-0.4, -0.2) is 18.4 Å². The van der Waals surface area contributed by atoms with Crippen LogP contribution >= 0.6 is 11.3 Å². The third-order valence-electron chi connectivity index (χ3n) is 3.83. The van der Waals surface area contributed by atoms with Gasteiger partial charge >= 0.3 is 0 Å². The summed E-state index contributed by atoms with van der Waals surface area (Å²) in [5.41, 5.74) is 2.07. The van der Waals surface area contributed by atoms with Gasteiger partial charge < -0.3 is 19.8 Å². The molecule has 0 atom stereocenters. The number of ether oxygens (including phenoxy) is 1. The minimum atomic E-state index is -0.348. The van der Waals surface area contributed by atoms with Crippen molar-refractivity contribution in [3.63, 3.8) is 0 Å². The van der Waals surface area contributed by atoms with Crippen molar-refractivity contribution in [1.82, 2.24) is 5.32 Å². The molecule has 7 heteroatoms. The summed E-state index contributed by atoms with van der Waals surface area (Å²) in [7, 11) is 0. The Morgan fingerprint density at radius 2 is 1.85 bits per heavy atom. The predicted octanol–water partition coefficient (Wildman–Crippen LogP) is 4.06. The van der Waals surface area contributed by atoms with Gasteiger partial charge in [0.15, 0.2) is 5.76 Å². The molecule has 0 spiro atoms. The van der Waals surface area contributed by atoms with Crippen LogP contribution in [0.2, 0.25) is 0 Å². The van der Waals surface area contributed by atoms with E-state index in [4.69, 9.17) is 9.15 Å². The third-order valence-corrected chi connectivity index (χ3v) is 4.83. The summed E-state index contributed by atoms with van der Waals surface area (Å²) in [6.07, 6.45) is 1.44. The summed E-state index contributed by atoms with van der Waals surface area (Å²) >= 11 is 1.21. The van der Waals surface area contributed by atoms with Gasteiger partial charge in [-0.25, -0.2) is 0 Å². The van der Waals surface area contributed by atoms with Crippen LogP contribution < -0.4 is 10.6 Å². The van der Waals surface area contributed by atoms with E-state index in [0.29, 0.717) is 29.6 Å². The van der Waals surface area contributed by atoms with Gasteiger partial charge in [0.25, 0.3) is 11.8 Å². The van der Waals surface area contributed by atoms with Crippen molar-refractivity contribution in [3.8, 4) is 0 Å². The molecule has 0 saturated carbocycles. The zero-order valence-corrected chi connectivity index (χ0v) is 15.7. The molecule has 2 heterocycles. The van der Waals surface area contributed by atoms with E-state index in [-0.39, 0.29) is 17.6 Å². The fourth-order valence-corrected chi connectivity index (χ4v) is 3.27. The maximum Gasteiger partial charge on any atom is 0.291 e. The number of carbonyl (C=O) groups is 2. The second kappa shape index (κ2) is 9.16. The molecule has 27 heavy (non-hydrogen) atoms. The lowest BCUT2D eigenvalue weighted by atomic mass is 10.1. The van der Waals surface area contributed by atoms with Crippen molar-refractivity contribution in [2.45, 2.75) is 20.1 Å². The molecule has 2 N–H and O–H groups in total. The van der Waals surface area contributed by atoms with E-state index in [1.165, 1.54) is 17.6 Å². The molecule has 3 aromatic rings. The number of nitrogens with one attached hydrogen (secondary N) is 2. The van der Waals surface area contributed by atoms with Gasteiger partial charge in [-0.15, -0.1) is 11.3 Å². The lowest BCUT2D eigenvalue weighted by Crippen LogP contribution is -2.22. The van der Waals surface area contributed by atoms with Gasteiger partial charge in [-0.1, -0.05) is 24.3 Å². The minimum absolute atomic E-state index is 0.190. The molecule has 2 aromatic heterocycles. The third kappa shape index (κ3) is 5.06. The Hall–Kier alpha value is -2.90. The first kappa shape index (κ1) is 18.9. The molecule has 6 nitrogen and oxygen atoms in total. The monoisotopic (exact) mass is 384 g/mol. The smallest absolute Gasteiger partial charge is 0.291 e. The standard InChI is InChI=1S/C20H20N2O4S/c1-2-25-13-15-7-4-3-6-14(15)12-21-20(24)17-9-10-18(27-17)22-19(23)16-8-5-11-26-16/h3-11H,2,12-13H2,1H3,(H,21,24)(H,22,23). The van der Waals surface area contributed by atoms with Crippen molar-refractivity contribution < 1.29 is 18.7 Å². The highest BCUT2D eigenvalue weighted by Gasteiger charge is 2.13. The average molecular weight is 384 g/mol. The van der Waals surface area contributed by atoms with Crippen molar-refractivity contribution >= 4 is 28.2 Å². The Bertz CT molecular complexity index is 902. The first-order valence-electron chi connectivity index (χ1n) is 8.54. The molecule has 1 aromatic carbocycles. The second-order valence-electron chi connectivity index (χ2n) is 5.68. The highest BCUT2D eigenvalue weighted by atomic mass is 32.1. The van der Waals surface area contributed by atoms with Gasteiger partial charge in [0.05, 0.1) is 22.7 Å². The van der Waals surface area contributed by atoms with Gasteiger partial charge in [-0.3, -0.25) is 9.59 Å². The van der Waals surface area contributed by atoms with Crippen LogP contribution in [0.5, 0.6) is 0 Å². The van der Waals surface area contributed by atoms with E-state index in [0.717, 1.165) is 11.1 Å². The zero-order chi connectivity index (χ0) is 19.1. The molecule has 0 aliphatic rings. The molecular weight excluding hydrogens is 364 g/mol. The van der Waals surface area contributed by atoms with E-state index in [1.54, 1.807) is 24.3 Å². The summed E-state index contributed by atoms with van der Waals surface area (Å²) in [6, 6.07) is 14.5. The maximum absolute atomic E-state index is 12.4. The Labute approximate surface area is 161 Å². The zero-order valence-electron chi connectivity index (χ0n) is 14.9. The summed E-state index contributed by atoms with van der Waals surface area (Å²) in [4.78, 5) is 24.9. The second-order valence-corrected chi connectivity index (χ2v) is 6.77. The van der Waals surface area contributed by atoms with Crippen molar-refractivity contribution in [2.75, 3.05) is 11.9 Å². The highest BCUT2D eigenvalue weighted by Crippen LogP contribution is 2.23. The normalized spacial score (nSPS) is 10.6. The summed E-state index contributed by atoms with van der Waals surface area (Å²) in [6.45, 7) is 3.52. The summed E-state index contributed by atoms with van der Waals surface area (Å²) in [5.74, 6) is -0.316. The number of hydrogen-bond acceptors (Lipinski definition) is 5. The van der Waals surface area contributed by atoms with Crippen LogP contribution in [0.15, 0.2) is 59.2 Å². The maximum atomic E-state index is 12.4. The van der Waals surface area contributed by atoms with Gasteiger partial charge in [-0.05, 0) is 42.3 Å². The number of benzene rings is 1. The van der Waals surface area contributed by atoms with Gasteiger partial charge in [0.2, 0.25) is 0 Å². The van der Waals surface area contributed by atoms with Gasteiger partial charge in [0, 0.05) is 13.2 Å². The predicted molar refractivity (Wildman–Crippen MR) is 104 cm³/mol. The lowest BCUT2D eigenvalue weighted by Gasteiger charge is -2.10. The topological polar surface area (TPSA) is 80.6 Å². The van der Waals surface area contributed by atoms with E-state index in [2.05, 4.69) is 10.6 Å².